The Kier molecular flexibility index (Phi) is 3.76. The minimum absolute atomic E-state index is 0.150. The van der Waals surface area contributed by atoms with Crippen LogP contribution in [0, 0.1) is 0 Å². The van der Waals surface area contributed by atoms with Gasteiger partial charge >= 0.3 is 0 Å². The van der Waals surface area contributed by atoms with Crippen molar-refractivity contribution in [2.24, 2.45) is 0 Å². The molecule has 1 unspecified atom stereocenters. The largest absolute Gasteiger partial charge is 0.451 e. The van der Waals surface area contributed by atoms with Crippen LogP contribution in [0.2, 0.25) is 0 Å². The zero-order valence-corrected chi connectivity index (χ0v) is 13.9. The molecular formula is C20H18N2O3. The molecule has 5 heteroatoms. The highest BCUT2D eigenvalue weighted by molar-refractivity contribution is 6.11. The molecule has 1 N–H and O–H groups in total. The summed E-state index contributed by atoms with van der Waals surface area (Å²) < 4.78 is 5.72. The van der Waals surface area contributed by atoms with E-state index in [0.29, 0.717) is 18.5 Å². The highest BCUT2D eigenvalue weighted by Gasteiger charge is 2.39. The van der Waals surface area contributed by atoms with Gasteiger partial charge in [-0.15, -0.1) is 0 Å². The Balaban J connectivity index is 1.76. The molecule has 0 saturated carbocycles. The molecule has 3 aromatic rings. The maximum absolute atomic E-state index is 13.2. The van der Waals surface area contributed by atoms with Crippen LogP contribution in [0.5, 0.6) is 0 Å². The summed E-state index contributed by atoms with van der Waals surface area (Å²) in [5, 5.41) is 3.69. The Morgan fingerprint density at radius 1 is 1.16 bits per heavy atom. The molecule has 0 spiro atoms. The minimum Gasteiger partial charge on any atom is -0.451 e. The molecule has 0 bridgehead atoms. The molecule has 1 atom stereocenters. The molecule has 0 radical (unpaired) electrons. The number of fused-ring (bicyclic) bond motifs is 2. The second-order valence-corrected chi connectivity index (χ2v) is 6.07. The van der Waals surface area contributed by atoms with E-state index in [1.54, 1.807) is 11.0 Å². The van der Waals surface area contributed by atoms with E-state index in [4.69, 9.17) is 4.42 Å². The van der Waals surface area contributed by atoms with Crippen molar-refractivity contribution in [3.05, 3.63) is 65.9 Å². The summed E-state index contributed by atoms with van der Waals surface area (Å²) in [5.41, 5.74) is 2.42. The molecule has 0 saturated heterocycles. The van der Waals surface area contributed by atoms with Gasteiger partial charge in [0.25, 0.3) is 5.91 Å². The van der Waals surface area contributed by atoms with Crippen LogP contribution < -0.4 is 10.2 Å². The molecule has 2 heterocycles. The smallest absolute Gasteiger partial charge is 0.294 e. The first-order valence-electron chi connectivity index (χ1n) is 8.37. The van der Waals surface area contributed by atoms with Gasteiger partial charge in [0.05, 0.1) is 0 Å². The average molecular weight is 334 g/mol. The molecular weight excluding hydrogens is 316 g/mol. The van der Waals surface area contributed by atoms with E-state index in [-0.39, 0.29) is 17.6 Å². The summed E-state index contributed by atoms with van der Waals surface area (Å²) in [6.07, 6.45) is 0.508. The molecule has 1 aliphatic heterocycles. The van der Waals surface area contributed by atoms with Gasteiger partial charge < -0.3 is 9.73 Å². The number of carbonyl (C=O) groups excluding carboxylic acids is 2. The fourth-order valence-corrected chi connectivity index (χ4v) is 3.34. The fraction of sp³-hybridized carbons (Fsp3) is 0.200. The van der Waals surface area contributed by atoms with Crippen molar-refractivity contribution >= 4 is 28.5 Å². The summed E-state index contributed by atoms with van der Waals surface area (Å²) in [6.45, 7) is 2.39. The number of benzene rings is 2. The van der Waals surface area contributed by atoms with Gasteiger partial charge in [-0.25, -0.2) is 0 Å². The SMILES string of the molecule is CCNC(=O)C1Cc2ccccc2N1C(=O)c1cc2ccccc2o1. The highest BCUT2D eigenvalue weighted by atomic mass is 16.3. The fourth-order valence-electron chi connectivity index (χ4n) is 3.34. The standard InChI is InChI=1S/C20H18N2O3/c1-2-21-19(23)16-11-13-7-3-5-9-15(13)22(16)20(24)18-12-14-8-4-6-10-17(14)25-18/h3-10,12,16H,2,11H2,1H3,(H,21,23). The lowest BCUT2D eigenvalue weighted by atomic mass is 10.1. The van der Waals surface area contributed by atoms with E-state index in [1.165, 1.54) is 0 Å². The zero-order valence-electron chi connectivity index (χ0n) is 13.9. The second kappa shape index (κ2) is 6.09. The molecule has 1 aromatic heterocycles. The number of nitrogens with one attached hydrogen (secondary N) is 1. The summed E-state index contributed by atoms with van der Waals surface area (Å²) in [4.78, 5) is 27.2. The molecule has 2 aromatic carbocycles. The first kappa shape index (κ1) is 15.4. The van der Waals surface area contributed by atoms with Gasteiger partial charge in [-0.1, -0.05) is 36.4 Å². The summed E-state index contributed by atoms with van der Waals surface area (Å²) in [7, 11) is 0. The van der Waals surface area contributed by atoms with E-state index in [2.05, 4.69) is 5.32 Å². The van der Waals surface area contributed by atoms with Gasteiger partial charge in [0.2, 0.25) is 5.91 Å². The van der Waals surface area contributed by atoms with Crippen LogP contribution in [0.25, 0.3) is 11.0 Å². The van der Waals surface area contributed by atoms with Crippen LogP contribution >= 0.6 is 0 Å². The van der Waals surface area contributed by atoms with Crippen molar-refractivity contribution < 1.29 is 14.0 Å². The van der Waals surface area contributed by atoms with E-state index in [0.717, 1.165) is 16.6 Å². The number of rotatable bonds is 3. The van der Waals surface area contributed by atoms with Crippen molar-refractivity contribution in [2.45, 2.75) is 19.4 Å². The molecule has 0 aliphatic carbocycles. The van der Waals surface area contributed by atoms with Crippen molar-refractivity contribution in [3.63, 3.8) is 0 Å². The lowest BCUT2D eigenvalue weighted by Crippen LogP contribution is -2.48. The molecule has 4 rings (SSSR count). The molecule has 25 heavy (non-hydrogen) atoms. The van der Waals surface area contributed by atoms with Gasteiger partial charge in [-0.2, -0.15) is 0 Å². The average Bonchev–Trinajstić information content (AvgIpc) is 3.23. The van der Waals surface area contributed by atoms with E-state index >= 15 is 0 Å². The number of amides is 2. The molecule has 2 amide bonds. The first-order valence-corrected chi connectivity index (χ1v) is 8.37. The van der Waals surface area contributed by atoms with Crippen LogP contribution in [0.1, 0.15) is 23.0 Å². The normalized spacial score (nSPS) is 16.0. The molecule has 0 fully saturated rings. The van der Waals surface area contributed by atoms with E-state index < -0.39 is 6.04 Å². The van der Waals surface area contributed by atoms with Crippen LogP contribution in [0.15, 0.2) is 59.0 Å². The van der Waals surface area contributed by atoms with Gasteiger partial charge in [-0.3, -0.25) is 14.5 Å². The topological polar surface area (TPSA) is 62.6 Å². The van der Waals surface area contributed by atoms with Crippen LogP contribution in [0.3, 0.4) is 0 Å². The highest BCUT2D eigenvalue weighted by Crippen LogP contribution is 2.34. The van der Waals surface area contributed by atoms with Crippen LogP contribution in [-0.2, 0) is 11.2 Å². The number of likely N-dealkylation sites (N-methyl/N-ethyl adjacent to an activating group) is 1. The van der Waals surface area contributed by atoms with Gasteiger partial charge in [-0.05, 0) is 30.7 Å². The number of hydrogen-bond acceptors (Lipinski definition) is 3. The lowest BCUT2D eigenvalue weighted by molar-refractivity contribution is -0.122. The number of nitrogens with zero attached hydrogens (tertiary/aromatic N) is 1. The van der Waals surface area contributed by atoms with Crippen molar-refractivity contribution in [1.82, 2.24) is 5.32 Å². The number of para-hydroxylation sites is 2. The Bertz CT molecular complexity index is 927. The number of hydrogen-bond donors (Lipinski definition) is 1. The Morgan fingerprint density at radius 3 is 2.72 bits per heavy atom. The number of carbonyl (C=O) groups is 2. The van der Waals surface area contributed by atoms with Gasteiger partial charge in [0, 0.05) is 24.0 Å². The van der Waals surface area contributed by atoms with E-state index in [9.17, 15) is 9.59 Å². The lowest BCUT2D eigenvalue weighted by Gasteiger charge is -2.23. The molecule has 5 nitrogen and oxygen atoms in total. The predicted molar refractivity (Wildman–Crippen MR) is 95.6 cm³/mol. The Morgan fingerprint density at radius 2 is 1.92 bits per heavy atom. The predicted octanol–water partition coefficient (Wildman–Crippen LogP) is 3.14. The molecule has 1 aliphatic rings. The van der Waals surface area contributed by atoms with Crippen LogP contribution in [-0.4, -0.2) is 24.4 Å². The zero-order chi connectivity index (χ0) is 17.4. The third-order valence-corrected chi connectivity index (χ3v) is 4.48. The van der Waals surface area contributed by atoms with Crippen molar-refractivity contribution in [1.29, 1.82) is 0 Å². The summed E-state index contributed by atoms with van der Waals surface area (Å²) >= 11 is 0. The summed E-state index contributed by atoms with van der Waals surface area (Å²) in [5.74, 6) is -0.201. The molecule has 126 valence electrons. The second-order valence-electron chi connectivity index (χ2n) is 6.07. The maximum atomic E-state index is 13.2. The van der Waals surface area contributed by atoms with Crippen LogP contribution in [0.4, 0.5) is 5.69 Å². The first-order chi connectivity index (χ1) is 12.2. The Labute approximate surface area is 145 Å². The van der Waals surface area contributed by atoms with Gasteiger partial charge in [0.1, 0.15) is 11.6 Å². The number of furan rings is 1. The number of anilines is 1. The quantitative estimate of drug-likeness (QED) is 0.800. The van der Waals surface area contributed by atoms with Crippen molar-refractivity contribution in [2.75, 3.05) is 11.4 Å². The van der Waals surface area contributed by atoms with Gasteiger partial charge in [0.15, 0.2) is 5.76 Å². The minimum atomic E-state index is -0.557. The summed E-state index contributed by atoms with van der Waals surface area (Å²) in [6, 6.07) is 16.3. The third-order valence-electron chi connectivity index (χ3n) is 4.48. The Hall–Kier alpha value is -3.08. The van der Waals surface area contributed by atoms with Crippen molar-refractivity contribution in [3.8, 4) is 0 Å². The van der Waals surface area contributed by atoms with E-state index in [1.807, 2.05) is 55.5 Å². The third kappa shape index (κ3) is 2.58. The monoisotopic (exact) mass is 334 g/mol. The maximum Gasteiger partial charge on any atom is 0.294 e.